The molecule has 1 amide bonds. The number of nitro benzene ring substituents is 1. The van der Waals surface area contributed by atoms with E-state index in [0.29, 0.717) is 30.1 Å². The number of hydrogen-bond donors (Lipinski definition) is 4. The first-order chi connectivity index (χ1) is 23.6. The number of sulfonamides is 1. The molecule has 1 fully saturated rings. The molecule has 0 spiro atoms. The summed E-state index contributed by atoms with van der Waals surface area (Å²) in [4.78, 5) is 54.3. The van der Waals surface area contributed by atoms with E-state index in [2.05, 4.69) is 25.2 Å². The van der Waals surface area contributed by atoms with Crippen molar-refractivity contribution in [2.24, 2.45) is 0 Å². The topological polar surface area (TPSA) is 215 Å². The molecule has 0 radical (unpaired) electrons. The van der Waals surface area contributed by atoms with E-state index in [9.17, 15) is 38.0 Å². The minimum Gasteiger partial charge on any atom is -0.481 e. The number of aliphatic carboxylic acids is 1. The number of carboxylic acids is 1. The summed E-state index contributed by atoms with van der Waals surface area (Å²) in [7, 11) is -4.33. The normalized spacial score (nSPS) is 14.6. The van der Waals surface area contributed by atoms with Crippen LogP contribution in [-0.2, 0) is 19.6 Å². The number of carbonyl (C=O) groups is 3. The number of carboxylic acid groups (broad SMARTS) is 1. The molecule has 4 aromatic rings. The Hall–Kier alpha value is -5.55. The van der Waals surface area contributed by atoms with E-state index < -0.39 is 51.1 Å². The molecule has 0 aliphatic carbocycles. The Morgan fingerprint density at radius 2 is 1.66 bits per heavy atom. The molecular weight excluding hydrogens is 670 g/mol. The maximum absolute atomic E-state index is 13.1. The number of amides is 1. The highest BCUT2D eigenvalue weighted by Crippen LogP contribution is 2.26. The van der Waals surface area contributed by atoms with E-state index in [-0.39, 0.29) is 22.2 Å². The largest absolute Gasteiger partial charge is 0.481 e. The number of piperidine rings is 1. The summed E-state index contributed by atoms with van der Waals surface area (Å²) in [6, 6.07) is 18.0. The lowest BCUT2D eigenvalue weighted by Crippen LogP contribution is -2.49. The van der Waals surface area contributed by atoms with Gasteiger partial charge in [0.25, 0.3) is 11.6 Å². The second kappa shape index (κ2) is 14.5. The zero-order valence-corrected chi connectivity index (χ0v) is 28.3. The summed E-state index contributed by atoms with van der Waals surface area (Å²) >= 11 is 0. The minimum atomic E-state index is -4.33. The number of nitrogens with zero attached hydrogens (tertiary/aromatic N) is 4. The van der Waals surface area contributed by atoms with Gasteiger partial charge in [-0.25, -0.2) is 22.8 Å². The number of rotatable bonds is 11. The van der Waals surface area contributed by atoms with Gasteiger partial charge in [0.05, 0.1) is 27.3 Å². The van der Waals surface area contributed by atoms with Gasteiger partial charge in [0, 0.05) is 42.5 Å². The molecule has 1 atom stereocenters. The number of fused-ring (bicyclic) bond motifs is 1. The van der Waals surface area contributed by atoms with Crippen LogP contribution < -0.4 is 20.3 Å². The zero-order chi connectivity index (χ0) is 36.2. The highest BCUT2D eigenvalue weighted by molar-refractivity contribution is 7.89. The first kappa shape index (κ1) is 35.7. The molecular formula is C33H37N7O9S. The third-order valence-electron chi connectivity index (χ3n) is 7.80. The minimum absolute atomic E-state index is 0.0234. The fourth-order valence-electron chi connectivity index (χ4n) is 5.44. The van der Waals surface area contributed by atoms with Gasteiger partial charge < -0.3 is 25.4 Å². The lowest BCUT2D eigenvalue weighted by atomic mass is 10.0. The van der Waals surface area contributed by atoms with Gasteiger partial charge in [-0.3, -0.25) is 19.7 Å². The van der Waals surface area contributed by atoms with Gasteiger partial charge in [0.2, 0.25) is 16.0 Å². The summed E-state index contributed by atoms with van der Waals surface area (Å²) < 4.78 is 34.9. The maximum atomic E-state index is 13.1. The Labute approximate surface area is 287 Å². The first-order valence-electron chi connectivity index (χ1n) is 15.7. The number of para-hydroxylation sites is 2. The van der Waals surface area contributed by atoms with Crippen molar-refractivity contribution in [3.05, 3.63) is 88.5 Å². The number of ether oxygens (including phenoxy) is 1. The summed E-state index contributed by atoms with van der Waals surface area (Å²) in [6.45, 7) is 6.75. The van der Waals surface area contributed by atoms with Gasteiger partial charge in [0.1, 0.15) is 11.8 Å². The molecule has 16 nitrogen and oxygen atoms in total. The Morgan fingerprint density at radius 3 is 2.26 bits per heavy atom. The number of hydrogen-bond acceptors (Lipinski definition) is 11. The number of anilines is 2. The van der Waals surface area contributed by atoms with E-state index in [1.54, 1.807) is 45.0 Å². The standard InChI is InChI=1S/C33H37N7O9S/c1-33(2,3)49-32(44)39-27-7-5-4-6-26(27)35-31(39)34-22-16-18-38(19-17-22)23-10-8-21(9-11-23)30(43)36-28(20-29(41)42)37-50(47,48)25-14-12-24(13-15-25)40(45)46/h4-15,22,28,37H,16-20H2,1-3H3,(H,34,35)(H,36,43)(H,41,42). The van der Waals surface area contributed by atoms with Crippen molar-refractivity contribution < 1.29 is 37.6 Å². The quantitative estimate of drug-likeness (QED) is 0.0974. The van der Waals surface area contributed by atoms with Crippen molar-refractivity contribution in [3.8, 4) is 0 Å². The van der Waals surface area contributed by atoms with Crippen LogP contribution in [0.5, 0.6) is 0 Å². The van der Waals surface area contributed by atoms with Crippen LogP contribution in [0.3, 0.4) is 0 Å². The molecule has 3 aromatic carbocycles. The molecule has 1 aliphatic rings. The van der Waals surface area contributed by atoms with Gasteiger partial charge in [-0.15, -0.1) is 0 Å². The van der Waals surface area contributed by atoms with Crippen molar-refractivity contribution in [3.63, 3.8) is 0 Å². The van der Waals surface area contributed by atoms with Gasteiger partial charge >= 0.3 is 12.1 Å². The van der Waals surface area contributed by atoms with Crippen molar-refractivity contribution in [2.45, 2.75) is 62.7 Å². The number of imidazole rings is 1. The molecule has 264 valence electrons. The van der Waals surface area contributed by atoms with Gasteiger partial charge in [-0.2, -0.15) is 4.72 Å². The maximum Gasteiger partial charge on any atom is 0.421 e. The van der Waals surface area contributed by atoms with Gasteiger partial charge in [-0.05, 0) is 82.1 Å². The summed E-state index contributed by atoms with van der Waals surface area (Å²) in [5.74, 6) is -1.66. The lowest BCUT2D eigenvalue weighted by molar-refractivity contribution is -0.384. The van der Waals surface area contributed by atoms with Gasteiger partial charge in [-0.1, -0.05) is 12.1 Å². The summed E-state index contributed by atoms with van der Waals surface area (Å²) in [5, 5.41) is 26.0. The Morgan fingerprint density at radius 1 is 1.02 bits per heavy atom. The summed E-state index contributed by atoms with van der Waals surface area (Å²) in [5.41, 5.74) is 1.33. The second-order valence-corrected chi connectivity index (χ2v) is 14.4. The molecule has 1 saturated heterocycles. The number of aromatic nitrogens is 2. The Balaban J connectivity index is 1.20. The molecule has 5 rings (SSSR count). The van der Waals surface area contributed by atoms with Crippen LogP contribution in [0.25, 0.3) is 11.0 Å². The average Bonchev–Trinajstić information content (AvgIpc) is 3.42. The average molecular weight is 708 g/mol. The molecule has 0 bridgehead atoms. The van der Waals surface area contributed by atoms with Crippen LogP contribution in [0, 0.1) is 10.1 Å². The van der Waals surface area contributed by atoms with Crippen LogP contribution in [0.2, 0.25) is 0 Å². The predicted octanol–water partition coefficient (Wildman–Crippen LogP) is 4.32. The third-order valence-corrected chi connectivity index (χ3v) is 9.29. The lowest BCUT2D eigenvalue weighted by Gasteiger charge is -2.34. The molecule has 17 heteroatoms. The van der Waals surface area contributed by atoms with Crippen molar-refractivity contribution in [1.29, 1.82) is 0 Å². The Kier molecular flexibility index (Phi) is 10.4. The molecule has 2 heterocycles. The molecule has 0 saturated carbocycles. The van der Waals surface area contributed by atoms with E-state index in [1.807, 2.05) is 24.3 Å². The predicted molar refractivity (Wildman–Crippen MR) is 184 cm³/mol. The van der Waals surface area contributed by atoms with Crippen LogP contribution in [-0.4, -0.2) is 76.9 Å². The van der Waals surface area contributed by atoms with E-state index >= 15 is 0 Å². The molecule has 1 aliphatic heterocycles. The SMILES string of the molecule is CC(C)(C)OC(=O)n1c(NC2CCN(c3ccc(C(=O)NC(CC(=O)O)NS(=O)(=O)c4ccc([N+](=O)[O-])cc4)cc3)CC2)nc2ccccc21. The molecule has 4 N–H and O–H groups in total. The number of non-ortho nitro benzene ring substituents is 1. The van der Waals surface area contributed by atoms with Crippen LogP contribution in [0.1, 0.15) is 50.4 Å². The highest BCUT2D eigenvalue weighted by Gasteiger charge is 2.28. The molecule has 1 aromatic heterocycles. The van der Waals surface area contributed by atoms with Crippen LogP contribution in [0.15, 0.2) is 77.7 Å². The number of benzene rings is 3. The number of nitrogens with one attached hydrogen (secondary N) is 3. The fraction of sp³-hybridized carbons (Fsp3) is 0.333. The third kappa shape index (κ3) is 8.72. The Bertz CT molecular complexity index is 2000. The van der Waals surface area contributed by atoms with Crippen molar-refractivity contribution >= 4 is 56.3 Å². The molecule has 1 unspecified atom stereocenters. The van der Waals surface area contributed by atoms with E-state index in [4.69, 9.17) is 4.74 Å². The number of nitro groups is 1. The second-order valence-electron chi connectivity index (χ2n) is 12.7. The van der Waals surface area contributed by atoms with E-state index in [1.165, 1.54) is 4.57 Å². The first-order valence-corrected chi connectivity index (χ1v) is 17.2. The zero-order valence-electron chi connectivity index (χ0n) is 27.5. The number of carbonyl (C=O) groups excluding carboxylic acids is 2. The molecule has 50 heavy (non-hydrogen) atoms. The smallest absolute Gasteiger partial charge is 0.421 e. The van der Waals surface area contributed by atoms with Crippen molar-refractivity contribution in [1.82, 2.24) is 19.6 Å². The highest BCUT2D eigenvalue weighted by atomic mass is 32.2. The fourth-order valence-corrected chi connectivity index (χ4v) is 6.59. The van der Waals surface area contributed by atoms with Crippen LogP contribution >= 0.6 is 0 Å². The monoisotopic (exact) mass is 707 g/mol. The van der Waals surface area contributed by atoms with Gasteiger partial charge in [0.15, 0.2) is 0 Å². The van der Waals surface area contributed by atoms with Crippen molar-refractivity contribution in [2.75, 3.05) is 23.3 Å². The van der Waals surface area contributed by atoms with E-state index in [0.717, 1.165) is 42.8 Å². The van der Waals surface area contributed by atoms with Crippen LogP contribution in [0.4, 0.5) is 22.1 Å². The summed E-state index contributed by atoms with van der Waals surface area (Å²) in [6.07, 6.45) is -1.33.